The molecule has 0 amide bonds. The minimum Gasteiger partial charge on any atom is -0.370 e. The van der Waals surface area contributed by atoms with Crippen molar-refractivity contribution < 1.29 is 0 Å². The van der Waals surface area contributed by atoms with Crippen molar-refractivity contribution in [2.24, 2.45) is 11.5 Å². The highest BCUT2D eigenvalue weighted by Crippen LogP contribution is 2.06. The molecule has 3 heteroatoms. The quantitative estimate of drug-likeness (QED) is 0.428. The molecule has 2 aromatic carbocycles. The fraction of sp³-hybridized carbons (Fsp3) is 0. The lowest BCUT2D eigenvalue weighted by Gasteiger charge is -1.92. The van der Waals surface area contributed by atoms with Crippen LogP contribution in [0.25, 0.3) is 12.2 Å². The molecule has 18 heavy (non-hydrogen) atoms. The molecule has 0 fully saturated rings. The van der Waals surface area contributed by atoms with Crippen LogP contribution in [0.3, 0.4) is 0 Å². The van der Waals surface area contributed by atoms with Crippen molar-refractivity contribution in [3.05, 3.63) is 71.8 Å². The van der Waals surface area contributed by atoms with E-state index < -0.39 is 0 Å². The summed E-state index contributed by atoms with van der Waals surface area (Å²) in [5.41, 5.74) is 11.4. The van der Waals surface area contributed by atoms with Gasteiger partial charge in [-0.1, -0.05) is 72.8 Å². The van der Waals surface area contributed by atoms with Gasteiger partial charge < -0.3 is 11.5 Å². The molecule has 0 aliphatic heterocycles. The summed E-state index contributed by atoms with van der Waals surface area (Å²) in [6, 6.07) is 20.6. The third-order valence-corrected chi connectivity index (χ3v) is 2.07. The topological polar surface area (TPSA) is 75.9 Å². The molecule has 5 N–H and O–H groups in total. The molecule has 2 rings (SSSR count). The molecular weight excluding hydrogens is 222 g/mol. The Labute approximate surface area is 107 Å². The monoisotopic (exact) mass is 239 g/mol. The third-order valence-electron chi connectivity index (χ3n) is 2.07. The van der Waals surface area contributed by atoms with Crippen LogP contribution in [0.15, 0.2) is 60.7 Å². The summed E-state index contributed by atoms with van der Waals surface area (Å²) in [4.78, 5) is 0. The van der Waals surface area contributed by atoms with Crippen LogP contribution in [-0.4, -0.2) is 5.96 Å². The molecule has 0 bridgehead atoms. The lowest BCUT2D eigenvalue weighted by Crippen LogP contribution is -2.20. The standard InChI is InChI=1S/C14H12.CH5N3/c1-3-7-13(8-4-1)11-12-14-9-5-2-6-10-14;2-1(3)4/h1-12H;(H5,2,3,4). The van der Waals surface area contributed by atoms with Crippen LogP contribution in [0.5, 0.6) is 0 Å². The van der Waals surface area contributed by atoms with Gasteiger partial charge in [-0.15, -0.1) is 0 Å². The number of nitrogens with two attached hydrogens (primary N) is 2. The largest absolute Gasteiger partial charge is 0.370 e. The van der Waals surface area contributed by atoms with Crippen LogP contribution in [0.1, 0.15) is 11.1 Å². The Bertz CT molecular complexity index is 444. The van der Waals surface area contributed by atoms with Crippen molar-refractivity contribution in [3.8, 4) is 0 Å². The van der Waals surface area contributed by atoms with Gasteiger partial charge in [0.25, 0.3) is 0 Å². The SMILES string of the molecule is C(=Cc1ccccc1)c1ccccc1.N=C(N)N. The summed E-state index contributed by atoms with van der Waals surface area (Å²) in [7, 11) is 0. The van der Waals surface area contributed by atoms with E-state index in [-0.39, 0.29) is 5.96 Å². The lowest BCUT2D eigenvalue weighted by molar-refractivity contribution is 1.39. The van der Waals surface area contributed by atoms with Crippen LogP contribution >= 0.6 is 0 Å². The Hall–Kier alpha value is -2.55. The van der Waals surface area contributed by atoms with Gasteiger partial charge in [0.2, 0.25) is 0 Å². The average Bonchev–Trinajstić information content (AvgIpc) is 2.38. The number of hydrogen-bond acceptors (Lipinski definition) is 1. The van der Waals surface area contributed by atoms with Gasteiger partial charge in [0, 0.05) is 0 Å². The Morgan fingerprint density at radius 2 is 1.00 bits per heavy atom. The van der Waals surface area contributed by atoms with E-state index in [9.17, 15) is 0 Å². The molecule has 0 heterocycles. The average molecular weight is 239 g/mol. The molecule has 92 valence electrons. The van der Waals surface area contributed by atoms with E-state index in [2.05, 4.69) is 47.9 Å². The summed E-state index contributed by atoms with van der Waals surface area (Å²) in [5, 5.41) is 6.06. The second-order valence-corrected chi connectivity index (χ2v) is 3.61. The second kappa shape index (κ2) is 7.68. The predicted molar refractivity (Wildman–Crippen MR) is 77.9 cm³/mol. The first-order valence-electron chi connectivity index (χ1n) is 5.56. The molecule has 2 aromatic rings. The van der Waals surface area contributed by atoms with Gasteiger partial charge in [0.05, 0.1) is 0 Å². The van der Waals surface area contributed by atoms with E-state index in [0.717, 1.165) is 0 Å². The molecular formula is C15H17N3. The van der Waals surface area contributed by atoms with Gasteiger partial charge >= 0.3 is 0 Å². The van der Waals surface area contributed by atoms with Gasteiger partial charge in [-0.05, 0) is 11.1 Å². The molecule has 0 spiro atoms. The summed E-state index contributed by atoms with van der Waals surface area (Å²) in [5.74, 6) is -0.333. The summed E-state index contributed by atoms with van der Waals surface area (Å²) in [6.45, 7) is 0. The predicted octanol–water partition coefficient (Wildman–Crippen LogP) is 2.70. The van der Waals surface area contributed by atoms with Crippen LogP contribution in [0, 0.1) is 5.41 Å². The zero-order valence-corrected chi connectivity index (χ0v) is 10.1. The van der Waals surface area contributed by atoms with E-state index in [4.69, 9.17) is 5.41 Å². The summed E-state index contributed by atoms with van der Waals surface area (Å²) >= 11 is 0. The number of nitrogens with one attached hydrogen (secondary N) is 1. The maximum atomic E-state index is 6.06. The summed E-state index contributed by atoms with van der Waals surface area (Å²) < 4.78 is 0. The molecule has 0 atom stereocenters. The van der Waals surface area contributed by atoms with E-state index >= 15 is 0 Å². The normalized spacial score (nSPS) is 9.56. The Kier molecular flexibility index (Phi) is 5.77. The molecule has 0 aliphatic rings. The Morgan fingerprint density at radius 3 is 1.28 bits per heavy atom. The number of benzene rings is 2. The fourth-order valence-electron chi connectivity index (χ4n) is 1.32. The smallest absolute Gasteiger partial charge is 0.183 e. The van der Waals surface area contributed by atoms with Crippen molar-refractivity contribution in [3.63, 3.8) is 0 Å². The van der Waals surface area contributed by atoms with E-state index in [1.165, 1.54) is 11.1 Å². The maximum absolute atomic E-state index is 6.06. The van der Waals surface area contributed by atoms with Gasteiger partial charge in [-0.3, -0.25) is 5.41 Å². The van der Waals surface area contributed by atoms with E-state index in [1.807, 2.05) is 36.4 Å². The van der Waals surface area contributed by atoms with E-state index in [0.29, 0.717) is 0 Å². The highest BCUT2D eigenvalue weighted by atomic mass is 14.9. The Morgan fingerprint density at radius 1 is 0.722 bits per heavy atom. The molecule has 0 saturated heterocycles. The molecule has 0 radical (unpaired) electrons. The third kappa shape index (κ3) is 6.12. The number of guanidine groups is 1. The van der Waals surface area contributed by atoms with E-state index in [1.54, 1.807) is 0 Å². The zero-order valence-electron chi connectivity index (χ0n) is 10.1. The highest BCUT2D eigenvalue weighted by Gasteiger charge is 1.84. The number of hydrogen-bond donors (Lipinski definition) is 3. The minimum atomic E-state index is -0.333. The van der Waals surface area contributed by atoms with Gasteiger partial charge in [0.15, 0.2) is 5.96 Å². The second-order valence-electron chi connectivity index (χ2n) is 3.61. The van der Waals surface area contributed by atoms with Crippen LogP contribution in [0.4, 0.5) is 0 Å². The van der Waals surface area contributed by atoms with Crippen LogP contribution < -0.4 is 11.5 Å². The van der Waals surface area contributed by atoms with Crippen molar-refractivity contribution in [2.45, 2.75) is 0 Å². The Balaban J connectivity index is 0.000000357. The van der Waals surface area contributed by atoms with Crippen molar-refractivity contribution in [1.82, 2.24) is 0 Å². The van der Waals surface area contributed by atoms with Crippen LogP contribution in [-0.2, 0) is 0 Å². The first-order valence-corrected chi connectivity index (χ1v) is 5.56. The van der Waals surface area contributed by atoms with Gasteiger partial charge in [0.1, 0.15) is 0 Å². The zero-order chi connectivity index (χ0) is 13.2. The molecule has 0 saturated carbocycles. The molecule has 3 nitrogen and oxygen atoms in total. The number of rotatable bonds is 2. The van der Waals surface area contributed by atoms with Gasteiger partial charge in [-0.25, -0.2) is 0 Å². The lowest BCUT2D eigenvalue weighted by atomic mass is 10.1. The first kappa shape index (κ1) is 13.5. The maximum Gasteiger partial charge on any atom is 0.183 e. The molecule has 0 aromatic heterocycles. The summed E-state index contributed by atoms with van der Waals surface area (Å²) in [6.07, 6.45) is 4.24. The first-order chi connectivity index (χ1) is 8.68. The van der Waals surface area contributed by atoms with Gasteiger partial charge in [-0.2, -0.15) is 0 Å². The van der Waals surface area contributed by atoms with Crippen molar-refractivity contribution >= 4 is 18.1 Å². The fourth-order valence-corrected chi connectivity index (χ4v) is 1.32. The van der Waals surface area contributed by atoms with Crippen molar-refractivity contribution in [2.75, 3.05) is 0 Å². The van der Waals surface area contributed by atoms with Crippen LogP contribution in [0.2, 0.25) is 0 Å². The highest BCUT2D eigenvalue weighted by molar-refractivity contribution is 5.71. The molecule has 0 unspecified atom stereocenters. The minimum absolute atomic E-state index is 0.333. The van der Waals surface area contributed by atoms with Crippen molar-refractivity contribution in [1.29, 1.82) is 5.41 Å². The molecule has 0 aliphatic carbocycles.